The van der Waals surface area contributed by atoms with Crippen LogP contribution in [0.15, 0.2) is 48.5 Å². The standard InChI is InChI=1S/C18H24N2/c1-3-20(18-11-7-4-8-15(18)2)14-17-10-6-5-9-16(17)12-13-19/h4-11H,3,12-14,19H2,1-2H3. The molecular formula is C18H24N2. The molecule has 0 aliphatic heterocycles. The van der Waals surface area contributed by atoms with Crippen LogP contribution in [0.2, 0.25) is 0 Å². The first kappa shape index (κ1) is 14.6. The summed E-state index contributed by atoms with van der Waals surface area (Å²) >= 11 is 0. The monoisotopic (exact) mass is 268 g/mol. The molecule has 20 heavy (non-hydrogen) atoms. The van der Waals surface area contributed by atoms with Crippen molar-refractivity contribution in [3.05, 3.63) is 65.2 Å². The van der Waals surface area contributed by atoms with Gasteiger partial charge in [-0.3, -0.25) is 0 Å². The zero-order chi connectivity index (χ0) is 14.4. The fourth-order valence-electron chi connectivity index (χ4n) is 2.60. The van der Waals surface area contributed by atoms with Crippen molar-refractivity contribution in [2.75, 3.05) is 18.0 Å². The molecule has 2 N–H and O–H groups in total. The van der Waals surface area contributed by atoms with Gasteiger partial charge in [-0.1, -0.05) is 42.5 Å². The molecule has 0 fully saturated rings. The van der Waals surface area contributed by atoms with Crippen molar-refractivity contribution in [2.24, 2.45) is 5.73 Å². The summed E-state index contributed by atoms with van der Waals surface area (Å²) in [6, 6.07) is 17.2. The minimum absolute atomic E-state index is 0.702. The van der Waals surface area contributed by atoms with Crippen LogP contribution in [0.3, 0.4) is 0 Å². The Labute approximate surface area is 122 Å². The molecule has 0 heterocycles. The van der Waals surface area contributed by atoms with Gasteiger partial charge in [0.15, 0.2) is 0 Å². The highest BCUT2D eigenvalue weighted by Gasteiger charge is 2.09. The van der Waals surface area contributed by atoms with Gasteiger partial charge in [-0.2, -0.15) is 0 Å². The van der Waals surface area contributed by atoms with Gasteiger partial charge in [0.1, 0.15) is 0 Å². The van der Waals surface area contributed by atoms with Crippen molar-refractivity contribution in [2.45, 2.75) is 26.8 Å². The molecule has 0 bridgehead atoms. The minimum Gasteiger partial charge on any atom is -0.367 e. The molecule has 106 valence electrons. The fraction of sp³-hybridized carbons (Fsp3) is 0.333. The Kier molecular flexibility index (Phi) is 5.19. The van der Waals surface area contributed by atoms with Crippen molar-refractivity contribution in [1.29, 1.82) is 0 Å². The van der Waals surface area contributed by atoms with E-state index in [4.69, 9.17) is 5.73 Å². The van der Waals surface area contributed by atoms with Crippen LogP contribution < -0.4 is 10.6 Å². The van der Waals surface area contributed by atoms with Crippen LogP contribution in [0.5, 0.6) is 0 Å². The molecular weight excluding hydrogens is 244 g/mol. The molecule has 2 heteroatoms. The molecule has 0 aromatic heterocycles. The second-order valence-corrected chi connectivity index (χ2v) is 5.11. The van der Waals surface area contributed by atoms with Crippen LogP contribution in [0, 0.1) is 6.92 Å². The zero-order valence-electron chi connectivity index (χ0n) is 12.5. The van der Waals surface area contributed by atoms with Crippen LogP contribution in [-0.4, -0.2) is 13.1 Å². The fourth-order valence-corrected chi connectivity index (χ4v) is 2.60. The summed E-state index contributed by atoms with van der Waals surface area (Å²) in [5.74, 6) is 0. The Bertz CT molecular complexity index is 549. The molecule has 2 nitrogen and oxygen atoms in total. The van der Waals surface area contributed by atoms with E-state index in [2.05, 4.69) is 67.3 Å². The Hall–Kier alpha value is -1.80. The summed E-state index contributed by atoms with van der Waals surface area (Å²) < 4.78 is 0. The summed E-state index contributed by atoms with van der Waals surface area (Å²) in [5.41, 5.74) is 11.1. The predicted molar refractivity (Wildman–Crippen MR) is 87.1 cm³/mol. The lowest BCUT2D eigenvalue weighted by molar-refractivity contribution is 0.812. The minimum atomic E-state index is 0.702. The van der Waals surface area contributed by atoms with Crippen LogP contribution in [-0.2, 0) is 13.0 Å². The van der Waals surface area contributed by atoms with Crippen molar-refractivity contribution in [1.82, 2.24) is 0 Å². The summed E-state index contributed by atoms with van der Waals surface area (Å²) in [7, 11) is 0. The Morgan fingerprint density at radius 1 is 0.950 bits per heavy atom. The van der Waals surface area contributed by atoms with Crippen molar-refractivity contribution >= 4 is 5.69 Å². The van der Waals surface area contributed by atoms with E-state index in [1.807, 2.05) is 0 Å². The average molecular weight is 268 g/mol. The third kappa shape index (κ3) is 3.40. The van der Waals surface area contributed by atoms with Crippen molar-refractivity contribution in [3.8, 4) is 0 Å². The molecule has 0 spiro atoms. The Balaban J connectivity index is 2.25. The maximum atomic E-state index is 5.71. The van der Waals surface area contributed by atoms with E-state index < -0.39 is 0 Å². The van der Waals surface area contributed by atoms with Gasteiger partial charge >= 0.3 is 0 Å². The second kappa shape index (κ2) is 7.11. The number of hydrogen-bond acceptors (Lipinski definition) is 2. The normalized spacial score (nSPS) is 10.6. The number of para-hydroxylation sites is 1. The molecule has 2 rings (SSSR count). The van der Waals surface area contributed by atoms with Crippen molar-refractivity contribution in [3.63, 3.8) is 0 Å². The van der Waals surface area contributed by atoms with Gasteiger partial charge in [-0.15, -0.1) is 0 Å². The molecule has 0 aliphatic rings. The van der Waals surface area contributed by atoms with E-state index in [1.165, 1.54) is 22.4 Å². The molecule has 0 saturated carbocycles. The van der Waals surface area contributed by atoms with Crippen LogP contribution >= 0.6 is 0 Å². The smallest absolute Gasteiger partial charge is 0.0432 e. The molecule has 0 saturated heterocycles. The number of rotatable bonds is 6. The molecule has 0 amide bonds. The first-order chi connectivity index (χ1) is 9.76. The molecule has 0 atom stereocenters. The van der Waals surface area contributed by atoms with E-state index in [-0.39, 0.29) is 0 Å². The van der Waals surface area contributed by atoms with Gasteiger partial charge in [0.25, 0.3) is 0 Å². The third-order valence-corrected chi connectivity index (χ3v) is 3.73. The van der Waals surface area contributed by atoms with Gasteiger partial charge in [-0.05, 0) is 49.6 Å². The van der Waals surface area contributed by atoms with E-state index in [0.29, 0.717) is 6.54 Å². The molecule has 0 aliphatic carbocycles. The number of nitrogens with two attached hydrogens (primary N) is 1. The summed E-state index contributed by atoms with van der Waals surface area (Å²) in [5, 5.41) is 0. The van der Waals surface area contributed by atoms with Crippen LogP contribution in [0.4, 0.5) is 5.69 Å². The maximum absolute atomic E-state index is 5.71. The SMILES string of the molecule is CCN(Cc1ccccc1CCN)c1ccccc1C. The first-order valence-corrected chi connectivity index (χ1v) is 7.33. The molecule has 0 unspecified atom stereocenters. The highest BCUT2D eigenvalue weighted by atomic mass is 15.1. The average Bonchev–Trinajstić information content (AvgIpc) is 2.47. The van der Waals surface area contributed by atoms with Crippen LogP contribution in [0.1, 0.15) is 23.6 Å². The Morgan fingerprint density at radius 2 is 1.60 bits per heavy atom. The molecule has 2 aromatic rings. The highest BCUT2D eigenvalue weighted by Crippen LogP contribution is 2.22. The lowest BCUT2D eigenvalue weighted by Gasteiger charge is -2.26. The number of nitrogens with zero attached hydrogens (tertiary/aromatic N) is 1. The summed E-state index contributed by atoms with van der Waals surface area (Å²) in [4.78, 5) is 2.42. The van der Waals surface area contributed by atoms with Gasteiger partial charge < -0.3 is 10.6 Å². The quantitative estimate of drug-likeness (QED) is 0.868. The van der Waals surface area contributed by atoms with Crippen molar-refractivity contribution < 1.29 is 0 Å². The molecule has 0 radical (unpaired) electrons. The van der Waals surface area contributed by atoms with Gasteiger partial charge in [-0.25, -0.2) is 0 Å². The third-order valence-electron chi connectivity index (χ3n) is 3.73. The lowest BCUT2D eigenvalue weighted by Crippen LogP contribution is -2.23. The largest absolute Gasteiger partial charge is 0.367 e. The van der Waals surface area contributed by atoms with Gasteiger partial charge in [0.05, 0.1) is 0 Å². The van der Waals surface area contributed by atoms with Gasteiger partial charge in [0.2, 0.25) is 0 Å². The van der Waals surface area contributed by atoms with E-state index in [9.17, 15) is 0 Å². The maximum Gasteiger partial charge on any atom is 0.0432 e. The Morgan fingerprint density at radius 3 is 2.25 bits per heavy atom. The van der Waals surface area contributed by atoms with E-state index in [0.717, 1.165) is 19.5 Å². The molecule has 2 aromatic carbocycles. The number of anilines is 1. The highest BCUT2D eigenvalue weighted by molar-refractivity contribution is 5.53. The van der Waals surface area contributed by atoms with Crippen LogP contribution in [0.25, 0.3) is 0 Å². The predicted octanol–water partition coefficient (Wildman–Crippen LogP) is 3.52. The zero-order valence-corrected chi connectivity index (χ0v) is 12.5. The topological polar surface area (TPSA) is 29.3 Å². The summed E-state index contributed by atoms with van der Waals surface area (Å²) in [6.45, 7) is 7.02. The lowest BCUT2D eigenvalue weighted by atomic mass is 10.0. The summed E-state index contributed by atoms with van der Waals surface area (Å²) in [6.07, 6.45) is 0.946. The first-order valence-electron chi connectivity index (χ1n) is 7.33. The van der Waals surface area contributed by atoms with E-state index in [1.54, 1.807) is 0 Å². The van der Waals surface area contributed by atoms with E-state index >= 15 is 0 Å². The number of benzene rings is 2. The second-order valence-electron chi connectivity index (χ2n) is 5.11. The van der Waals surface area contributed by atoms with Gasteiger partial charge in [0, 0.05) is 18.8 Å². The number of hydrogen-bond donors (Lipinski definition) is 1. The number of aryl methyl sites for hydroxylation is 1.